The van der Waals surface area contributed by atoms with Crippen LogP contribution in [0.2, 0.25) is 0 Å². The Balaban J connectivity index is 2.34. The second-order valence-corrected chi connectivity index (χ2v) is 8.15. The molecule has 0 aliphatic carbocycles. The number of rotatable bonds is 3. The van der Waals surface area contributed by atoms with Crippen molar-refractivity contribution in [3.8, 4) is 0 Å². The van der Waals surface area contributed by atoms with Crippen LogP contribution in [0.4, 0.5) is 11.4 Å². The summed E-state index contributed by atoms with van der Waals surface area (Å²) in [5.41, 5.74) is 0.226. The predicted molar refractivity (Wildman–Crippen MR) is 95.1 cm³/mol. The van der Waals surface area contributed by atoms with Gasteiger partial charge in [0.2, 0.25) is 5.91 Å². The molecule has 126 valence electrons. The van der Waals surface area contributed by atoms with Gasteiger partial charge in [-0.05, 0) is 37.1 Å². The lowest BCUT2D eigenvalue weighted by atomic mass is 9.82. The van der Waals surface area contributed by atoms with Crippen molar-refractivity contribution in [3.05, 3.63) is 54.6 Å². The minimum atomic E-state index is -3.55. The summed E-state index contributed by atoms with van der Waals surface area (Å²) in [6.45, 7) is 3.77. The van der Waals surface area contributed by atoms with Gasteiger partial charge in [-0.25, -0.2) is 8.42 Å². The fourth-order valence-corrected chi connectivity index (χ4v) is 5.52. The number of hydrogen-bond donors (Lipinski definition) is 0. The third-order valence-electron chi connectivity index (χ3n) is 4.93. The van der Waals surface area contributed by atoms with E-state index < -0.39 is 15.3 Å². The molecule has 0 spiro atoms. The van der Waals surface area contributed by atoms with E-state index in [1.54, 1.807) is 29.2 Å². The monoisotopic (exact) mass is 343 g/mol. The molecule has 0 aromatic heterocycles. The van der Waals surface area contributed by atoms with Gasteiger partial charge in [0.05, 0.1) is 21.8 Å². The van der Waals surface area contributed by atoms with Crippen LogP contribution in [-0.2, 0) is 14.6 Å². The summed E-state index contributed by atoms with van der Waals surface area (Å²) in [6, 6.07) is 16.0. The summed E-state index contributed by atoms with van der Waals surface area (Å²) in [6.07, 6.45) is 0.970. The highest BCUT2D eigenvalue weighted by atomic mass is 32.2. The van der Waals surface area contributed by atoms with E-state index in [9.17, 15) is 13.2 Å². The van der Waals surface area contributed by atoms with Gasteiger partial charge in [0.1, 0.15) is 0 Å². The molecular formula is C19H21NO3S. The van der Waals surface area contributed by atoms with Crippen LogP contribution in [0.3, 0.4) is 0 Å². The predicted octanol–water partition coefficient (Wildman–Crippen LogP) is 3.95. The van der Waals surface area contributed by atoms with Gasteiger partial charge in [0.15, 0.2) is 9.84 Å². The van der Waals surface area contributed by atoms with Crippen LogP contribution in [-0.4, -0.2) is 20.1 Å². The fourth-order valence-electron chi connectivity index (χ4n) is 3.34. The maximum absolute atomic E-state index is 13.4. The van der Waals surface area contributed by atoms with Crippen molar-refractivity contribution in [3.63, 3.8) is 0 Å². The Morgan fingerprint density at radius 3 is 2.17 bits per heavy atom. The normalized spacial score (nSPS) is 18.8. The van der Waals surface area contributed by atoms with E-state index in [0.717, 1.165) is 0 Å². The van der Waals surface area contributed by atoms with Crippen LogP contribution in [0.5, 0.6) is 0 Å². The molecule has 0 bridgehead atoms. The minimum Gasteiger partial charge on any atom is -0.279 e. The van der Waals surface area contributed by atoms with Crippen molar-refractivity contribution in [2.75, 3.05) is 10.7 Å². The first kappa shape index (κ1) is 16.7. The van der Waals surface area contributed by atoms with E-state index in [2.05, 4.69) is 0 Å². The van der Waals surface area contributed by atoms with Crippen LogP contribution >= 0.6 is 0 Å². The lowest BCUT2D eigenvalue weighted by molar-refractivity contribution is -0.126. The zero-order chi connectivity index (χ0) is 17.4. The summed E-state index contributed by atoms with van der Waals surface area (Å²) in [5, 5.41) is 0. The Hall–Kier alpha value is -2.14. The zero-order valence-corrected chi connectivity index (χ0v) is 14.7. The average molecular weight is 343 g/mol. The first-order chi connectivity index (χ1) is 11.4. The number of carbonyl (C=O) groups is 1. The molecule has 1 amide bonds. The maximum Gasteiger partial charge on any atom is 0.238 e. The first-order valence-electron chi connectivity index (χ1n) is 8.16. The highest BCUT2D eigenvalue weighted by Gasteiger charge is 2.47. The summed E-state index contributed by atoms with van der Waals surface area (Å²) in [4.78, 5) is 15.2. The fraction of sp³-hybridized carbons (Fsp3) is 0.316. The molecule has 0 saturated heterocycles. The Morgan fingerprint density at radius 2 is 1.54 bits per heavy atom. The van der Waals surface area contributed by atoms with Gasteiger partial charge < -0.3 is 0 Å². The first-order valence-corrected chi connectivity index (χ1v) is 9.82. The number of fused-ring (bicyclic) bond motifs is 1. The van der Waals surface area contributed by atoms with E-state index in [1.165, 1.54) is 0 Å². The van der Waals surface area contributed by atoms with Gasteiger partial charge in [-0.3, -0.25) is 9.69 Å². The summed E-state index contributed by atoms with van der Waals surface area (Å²) < 4.78 is 25.9. The number of hydrogen-bond acceptors (Lipinski definition) is 3. The highest BCUT2D eigenvalue weighted by Crippen LogP contribution is 2.43. The number of carbonyl (C=O) groups excluding carboxylic acids is 1. The van der Waals surface area contributed by atoms with Crippen molar-refractivity contribution in [1.82, 2.24) is 0 Å². The molecule has 0 saturated carbocycles. The number of sulfone groups is 1. The molecule has 3 rings (SSSR count). The summed E-state index contributed by atoms with van der Waals surface area (Å²) in [5.74, 6) is -0.293. The van der Waals surface area contributed by atoms with Crippen LogP contribution in [0, 0.1) is 5.41 Å². The Bertz CT molecular complexity index is 855. The van der Waals surface area contributed by atoms with Crippen molar-refractivity contribution < 1.29 is 13.2 Å². The third kappa shape index (κ3) is 2.53. The topological polar surface area (TPSA) is 54.5 Å². The zero-order valence-electron chi connectivity index (χ0n) is 13.9. The minimum absolute atomic E-state index is 0.146. The van der Waals surface area contributed by atoms with Gasteiger partial charge >= 0.3 is 0 Å². The second-order valence-electron chi connectivity index (χ2n) is 6.19. The molecule has 0 radical (unpaired) electrons. The third-order valence-corrected chi connectivity index (χ3v) is 6.88. The Labute approximate surface area is 143 Å². The van der Waals surface area contributed by atoms with E-state index in [1.807, 2.05) is 44.2 Å². The van der Waals surface area contributed by atoms with Gasteiger partial charge in [0.25, 0.3) is 0 Å². The molecule has 24 heavy (non-hydrogen) atoms. The molecule has 5 heteroatoms. The van der Waals surface area contributed by atoms with E-state index >= 15 is 0 Å². The van der Waals surface area contributed by atoms with E-state index in [0.29, 0.717) is 24.2 Å². The van der Waals surface area contributed by atoms with Gasteiger partial charge in [-0.2, -0.15) is 0 Å². The van der Waals surface area contributed by atoms with Gasteiger partial charge in [-0.15, -0.1) is 0 Å². The van der Waals surface area contributed by atoms with Gasteiger partial charge in [0, 0.05) is 5.69 Å². The Kier molecular flexibility index (Phi) is 4.22. The molecule has 4 nitrogen and oxygen atoms in total. The van der Waals surface area contributed by atoms with Crippen molar-refractivity contribution >= 4 is 27.1 Å². The quantitative estimate of drug-likeness (QED) is 0.848. The SMILES string of the molecule is CCC1(CC)CS(=O)(=O)c2ccccc2N(c2ccccc2)C1=O. The smallest absolute Gasteiger partial charge is 0.238 e. The molecule has 1 heterocycles. The number of amides is 1. The molecular weight excluding hydrogens is 322 g/mol. The lowest BCUT2D eigenvalue weighted by Gasteiger charge is -2.33. The molecule has 0 atom stereocenters. The van der Waals surface area contributed by atoms with E-state index in [-0.39, 0.29) is 16.6 Å². The molecule has 0 N–H and O–H groups in total. The molecule has 0 fully saturated rings. The summed E-state index contributed by atoms with van der Waals surface area (Å²) >= 11 is 0. The number of benzene rings is 2. The molecule has 1 aliphatic rings. The Morgan fingerprint density at radius 1 is 0.958 bits per heavy atom. The van der Waals surface area contributed by atoms with Crippen LogP contribution in [0.25, 0.3) is 0 Å². The highest BCUT2D eigenvalue weighted by molar-refractivity contribution is 7.91. The maximum atomic E-state index is 13.4. The number of nitrogens with zero attached hydrogens (tertiary/aromatic N) is 1. The molecule has 1 aliphatic heterocycles. The van der Waals surface area contributed by atoms with E-state index in [4.69, 9.17) is 0 Å². The number of anilines is 2. The van der Waals surface area contributed by atoms with Gasteiger partial charge in [-0.1, -0.05) is 44.2 Å². The largest absolute Gasteiger partial charge is 0.279 e. The van der Waals surface area contributed by atoms with Crippen LogP contribution in [0.15, 0.2) is 59.5 Å². The van der Waals surface area contributed by atoms with Crippen LogP contribution in [0.1, 0.15) is 26.7 Å². The standard InChI is InChI=1S/C19H21NO3S/c1-3-19(4-2)14-24(22,23)17-13-9-8-12-16(17)20(18(19)21)15-10-6-5-7-11-15/h5-13H,3-4,14H2,1-2H3. The molecule has 2 aromatic rings. The lowest BCUT2D eigenvalue weighted by Crippen LogP contribution is -2.43. The summed E-state index contributed by atoms with van der Waals surface area (Å²) in [7, 11) is -3.55. The van der Waals surface area contributed by atoms with Crippen molar-refractivity contribution in [2.24, 2.45) is 5.41 Å². The van der Waals surface area contributed by atoms with Crippen molar-refractivity contribution in [2.45, 2.75) is 31.6 Å². The molecule has 0 unspecified atom stereocenters. The van der Waals surface area contributed by atoms with Crippen molar-refractivity contribution in [1.29, 1.82) is 0 Å². The second kappa shape index (κ2) is 6.06. The number of para-hydroxylation sites is 2. The molecule has 2 aromatic carbocycles. The average Bonchev–Trinajstić information content (AvgIpc) is 2.68. The van der Waals surface area contributed by atoms with Crippen LogP contribution < -0.4 is 4.90 Å².